The summed E-state index contributed by atoms with van der Waals surface area (Å²) in [6, 6.07) is 14.6. The topological polar surface area (TPSA) is 70.4 Å². The number of hydrogen-bond donors (Lipinski definition) is 2. The van der Waals surface area contributed by atoms with E-state index in [9.17, 15) is 4.79 Å². The SMILES string of the molecule is CC(C)C(=O)Nc1ccc(N2C(=S)NC(c3ccccn3)C2c2ccco2)cc1Cl. The first kappa shape index (κ1) is 20.4. The van der Waals surface area contributed by atoms with Crippen LogP contribution in [0, 0.1) is 5.92 Å². The Bertz CT molecular complexity index is 1060. The van der Waals surface area contributed by atoms with Crippen LogP contribution in [0.25, 0.3) is 0 Å². The van der Waals surface area contributed by atoms with Crippen LogP contribution in [0.15, 0.2) is 65.4 Å². The van der Waals surface area contributed by atoms with Crippen LogP contribution in [-0.4, -0.2) is 16.0 Å². The van der Waals surface area contributed by atoms with E-state index < -0.39 is 0 Å². The minimum atomic E-state index is -0.241. The van der Waals surface area contributed by atoms with Gasteiger partial charge in [0.05, 0.1) is 28.7 Å². The van der Waals surface area contributed by atoms with Gasteiger partial charge >= 0.3 is 0 Å². The molecule has 3 aromatic rings. The minimum Gasteiger partial charge on any atom is -0.467 e. The highest BCUT2D eigenvalue weighted by atomic mass is 35.5. The van der Waals surface area contributed by atoms with Crippen molar-refractivity contribution in [2.75, 3.05) is 10.2 Å². The predicted octanol–water partition coefficient (Wildman–Crippen LogP) is 5.10. The van der Waals surface area contributed by atoms with Crippen molar-refractivity contribution in [3.8, 4) is 0 Å². The third-order valence-electron chi connectivity index (χ3n) is 4.95. The number of nitrogens with one attached hydrogen (secondary N) is 2. The first-order valence-electron chi connectivity index (χ1n) is 9.60. The molecule has 4 rings (SSSR count). The number of amides is 1. The standard InChI is InChI=1S/C22H21ClN4O2S/c1-13(2)21(28)25-16-9-8-14(12-15(16)23)27-20(18-7-5-11-29-18)19(26-22(27)30)17-6-3-4-10-24-17/h3-13,19-20H,1-2H3,(H,25,28)(H,26,30). The van der Waals surface area contributed by atoms with Crippen molar-refractivity contribution in [1.82, 2.24) is 10.3 Å². The molecule has 2 unspecified atom stereocenters. The number of halogens is 1. The predicted molar refractivity (Wildman–Crippen MR) is 122 cm³/mol. The van der Waals surface area contributed by atoms with Gasteiger partial charge in [-0.15, -0.1) is 0 Å². The molecule has 2 aromatic heterocycles. The largest absolute Gasteiger partial charge is 0.467 e. The molecular weight excluding hydrogens is 420 g/mol. The smallest absolute Gasteiger partial charge is 0.226 e. The molecule has 30 heavy (non-hydrogen) atoms. The Morgan fingerprint density at radius 2 is 2.10 bits per heavy atom. The van der Waals surface area contributed by atoms with E-state index in [1.54, 1.807) is 24.6 Å². The molecule has 154 valence electrons. The van der Waals surface area contributed by atoms with Crippen molar-refractivity contribution in [3.05, 3.63) is 77.5 Å². The zero-order valence-electron chi connectivity index (χ0n) is 16.5. The van der Waals surface area contributed by atoms with E-state index in [-0.39, 0.29) is 23.9 Å². The molecule has 0 spiro atoms. The van der Waals surface area contributed by atoms with E-state index in [1.807, 2.05) is 55.1 Å². The van der Waals surface area contributed by atoms with E-state index in [1.165, 1.54) is 0 Å². The molecule has 0 bridgehead atoms. The van der Waals surface area contributed by atoms with Crippen LogP contribution in [0.4, 0.5) is 11.4 Å². The van der Waals surface area contributed by atoms with Gasteiger partial charge in [0.1, 0.15) is 11.8 Å². The Morgan fingerprint density at radius 1 is 1.27 bits per heavy atom. The summed E-state index contributed by atoms with van der Waals surface area (Å²) in [5.74, 6) is 0.525. The second-order valence-electron chi connectivity index (χ2n) is 7.32. The molecule has 3 heterocycles. The molecule has 1 aliphatic rings. The number of carbonyl (C=O) groups excluding carboxylic acids is 1. The zero-order chi connectivity index (χ0) is 21.3. The number of rotatable bonds is 5. The minimum absolute atomic E-state index is 0.0910. The Morgan fingerprint density at radius 3 is 2.73 bits per heavy atom. The molecule has 0 aliphatic carbocycles. The van der Waals surface area contributed by atoms with Crippen LogP contribution in [-0.2, 0) is 4.79 Å². The lowest BCUT2D eigenvalue weighted by atomic mass is 10.0. The maximum absolute atomic E-state index is 12.0. The second kappa shape index (κ2) is 8.45. The number of carbonyl (C=O) groups is 1. The van der Waals surface area contributed by atoms with Gasteiger partial charge in [0.15, 0.2) is 5.11 Å². The Labute approximate surface area is 185 Å². The molecule has 1 fully saturated rings. The second-order valence-corrected chi connectivity index (χ2v) is 8.11. The molecule has 1 aromatic carbocycles. The molecule has 2 N–H and O–H groups in total. The molecule has 8 heteroatoms. The van der Waals surface area contributed by atoms with Crippen LogP contribution in [0.1, 0.15) is 37.4 Å². The number of benzene rings is 1. The fourth-order valence-corrected chi connectivity index (χ4v) is 3.98. The Hall–Kier alpha value is -2.90. The normalized spacial score (nSPS) is 18.5. The van der Waals surface area contributed by atoms with E-state index in [2.05, 4.69) is 15.6 Å². The van der Waals surface area contributed by atoms with Crippen LogP contribution >= 0.6 is 23.8 Å². The number of anilines is 2. The van der Waals surface area contributed by atoms with E-state index in [4.69, 9.17) is 28.2 Å². The highest BCUT2D eigenvalue weighted by Gasteiger charge is 2.42. The lowest BCUT2D eigenvalue weighted by Crippen LogP contribution is -2.29. The molecule has 2 atom stereocenters. The van der Waals surface area contributed by atoms with Gasteiger partial charge in [-0.05, 0) is 54.7 Å². The molecule has 1 aliphatic heterocycles. The number of hydrogen-bond acceptors (Lipinski definition) is 4. The van der Waals surface area contributed by atoms with Crippen LogP contribution in [0.5, 0.6) is 0 Å². The number of furan rings is 1. The zero-order valence-corrected chi connectivity index (χ0v) is 18.1. The van der Waals surface area contributed by atoms with Gasteiger partial charge in [-0.25, -0.2) is 0 Å². The van der Waals surface area contributed by atoms with Crippen LogP contribution in [0.3, 0.4) is 0 Å². The number of nitrogens with zero attached hydrogens (tertiary/aromatic N) is 2. The average Bonchev–Trinajstić information content (AvgIpc) is 3.37. The third-order valence-corrected chi connectivity index (χ3v) is 5.57. The third kappa shape index (κ3) is 3.91. The van der Waals surface area contributed by atoms with E-state index in [0.29, 0.717) is 15.8 Å². The maximum atomic E-state index is 12.0. The lowest BCUT2D eigenvalue weighted by molar-refractivity contribution is -0.118. The van der Waals surface area contributed by atoms with Crippen LogP contribution < -0.4 is 15.5 Å². The number of pyridine rings is 1. The number of thiocarbonyl (C=S) groups is 1. The fourth-order valence-electron chi connectivity index (χ4n) is 3.41. The Balaban J connectivity index is 1.71. The van der Waals surface area contributed by atoms with Gasteiger partial charge in [-0.2, -0.15) is 0 Å². The molecule has 0 saturated carbocycles. The first-order valence-corrected chi connectivity index (χ1v) is 10.4. The van der Waals surface area contributed by atoms with Crippen molar-refractivity contribution in [2.24, 2.45) is 5.92 Å². The molecule has 0 radical (unpaired) electrons. The molecule has 1 amide bonds. The monoisotopic (exact) mass is 440 g/mol. The van der Waals surface area contributed by atoms with Crippen molar-refractivity contribution < 1.29 is 9.21 Å². The summed E-state index contributed by atoms with van der Waals surface area (Å²) in [5.41, 5.74) is 2.21. The summed E-state index contributed by atoms with van der Waals surface area (Å²) in [4.78, 5) is 18.5. The summed E-state index contributed by atoms with van der Waals surface area (Å²) in [6.45, 7) is 3.66. The lowest BCUT2D eigenvalue weighted by Gasteiger charge is -2.26. The fraction of sp³-hybridized carbons (Fsp3) is 0.227. The summed E-state index contributed by atoms with van der Waals surface area (Å²) >= 11 is 12.2. The quantitative estimate of drug-likeness (QED) is 0.538. The van der Waals surface area contributed by atoms with Crippen LogP contribution in [0.2, 0.25) is 5.02 Å². The van der Waals surface area contributed by atoms with Gasteiger partial charge in [-0.1, -0.05) is 31.5 Å². The highest BCUT2D eigenvalue weighted by molar-refractivity contribution is 7.80. The maximum Gasteiger partial charge on any atom is 0.226 e. The average molecular weight is 441 g/mol. The highest BCUT2D eigenvalue weighted by Crippen LogP contribution is 2.42. The number of aromatic nitrogens is 1. The van der Waals surface area contributed by atoms with Crippen molar-refractivity contribution in [1.29, 1.82) is 0 Å². The van der Waals surface area contributed by atoms with Gasteiger partial charge in [0.2, 0.25) is 5.91 Å². The first-order chi connectivity index (χ1) is 14.5. The van der Waals surface area contributed by atoms with Gasteiger partial charge < -0.3 is 20.0 Å². The van der Waals surface area contributed by atoms with E-state index in [0.717, 1.165) is 17.1 Å². The Kier molecular flexibility index (Phi) is 5.74. The van der Waals surface area contributed by atoms with Gasteiger partial charge in [-0.3, -0.25) is 9.78 Å². The van der Waals surface area contributed by atoms with Crippen molar-refractivity contribution in [3.63, 3.8) is 0 Å². The molecular formula is C22H21ClN4O2S. The molecule has 6 nitrogen and oxygen atoms in total. The van der Waals surface area contributed by atoms with Crippen molar-refractivity contribution >= 4 is 46.2 Å². The summed E-state index contributed by atoms with van der Waals surface area (Å²) < 4.78 is 5.74. The molecule has 1 saturated heterocycles. The summed E-state index contributed by atoms with van der Waals surface area (Å²) in [5, 5.41) is 7.18. The van der Waals surface area contributed by atoms with E-state index >= 15 is 0 Å². The summed E-state index contributed by atoms with van der Waals surface area (Å²) in [6.07, 6.45) is 3.40. The summed E-state index contributed by atoms with van der Waals surface area (Å²) in [7, 11) is 0. The van der Waals surface area contributed by atoms with Gasteiger partial charge in [0.25, 0.3) is 0 Å². The van der Waals surface area contributed by atoms with Crippen molar-refractivity contribution in [2.45, 2.75) is 25.9 Å². The van der Waals surface area contributed by atoms with Gasteiger partial charge in [0, 0.05) is 17.8 Å².